The summed E-state index contributed by atoms with van der Waals surface area (Å²) < 4.78 is 0. The number of pyridine rings is 1. The molecule has 16 heavy (non-hydrogen) atoms. The van der Waals surface area contributed by atoms with Crippen LogP contribution in [-0.2, 0) is 6.42 Å². The molecule has 2 nitrogen and oxygen atoms in total. The van der Waals surface area contributed by atoms with Crippen molar-refractivity contribution in [1.82, 2.24) is 4.98 Å². The third-order valence-electron chi connectivity index (χ3n) is 2.45. The average molecular weight is 212 g/mol. The van der Waals surface area contributed by atoms with E-state index in [0.717, 1.165) is 24.5 Å². The lowest BCUT2D eigenvalue weighted by Crippen LogP contribution is -2.06. The number of nitrogens with one attached hydrogen (secondary N) is 1. The van der Waals surface area contributed by atoms with Gasteiger partial charge in [0.1, 0.15) is 5.82 Å². The van der Waals surface area contributed by atoms with Crippen LogP contribution in [0.2, 0.25) is 0 Å². The zero-order valence-corrected chi connectivity index (χ0v) is 9.48. The SMILES string of the molecule is Cc1cccc(NCCc2ccccc2)n1. The number of rotatable bonds is 4. The van der Waals surface area contributed by atoms with Gasteiger partial charge < -0.3 is 5.32 Å². The topological polar surface area (TPSA) is 24.9 Å². The van der Waals surface area contributed by atoms with Crippen LogP contribution in [-0.4, -0.2) is 11.5 Å². The van der Waals surface area contributed by atoms with Gasteiger partial charge in [0.25, 0.3) is 0 Å². The summed E-state index contributed by atoms with van der Waals surface area (Å²) in [6.45, 7) is 2.92. The highest BCUT2D eigenvalue weighted by molar-refractivity contribution is 5.35. The van der Waals surface area contributed by atoms with E-state index in [2.05, 4.69) is 34.6 Å². The lowest BCUT2D eigenvalue weighted by molar-refractivity contribution is 1.00. The molecule has 0 unspecified atom stereocenters. The molecule has 2 aromatic rings. The smallest absolute Gasteiger partial charge is 0.126 e. The normalized spacial score (nSPS) is 10.1. The Bertz CT molecular complexity index is 437. The third-order valence-corrected chi connectivity index (χ3v) is 2.45. The van der Waals surface area contributed by atoms with Gasteiger partial charge in [0, 0.05) is 12.2 Å². The Labute approximate surface area is 96.4 Å². The number of anilines is 1. The van der Waals surface area contributed by atoms with Crippen LogP contribution in [0.15, 0.2) is 48.5 Å². The van der Waals surface area contributed by atoms with E-state index in [1.165, 1.54) is 5.56 Å². The van der Waals surface area contributed by atoms with Crippen LogP contribution < -0.4 is 5.32 Å². The Morgan fingerprint density at radius 2 is 1.81 bits per heavy atom. The second-order valence-electron chi connectivity index (χ2n) is 3.83. The molecule has 82 valence electrons. The molecule has 0 bridgehead atoms. The fourth-order valence-electron chi connectivity index (χ4n) is 1.62. The van der Waals surface area contributed by atoms with E-state index in [4.69, 9.17) is 0 Å². The molecule has 0 aliphatic rings. The quantitative estimate of drug-likeness (QED) is 0.842. The Balaban J connectivity index is 1.85. The van der Waals surface area contributed by atoms with Gasteiger partial charge in [-0.1, -0.05) is 36.4 Å². The first-order valence-electron chi connectivity index (χ1n) is 5.56. The van der Waals surface area contributed by atoms with E-state index < -0.39 is 0 Å². The van der Waals surface area contributed by atoms with E-state index in [1.807, 2.05) is 31.2 Å². The minimum atomic E-state index is 0.917. The minimum absolute atomic E-state index is 0.917. The first-order chi connectivity index (χ1) is 7.84. The summed E-state index contributed by atoms with van der Waals surface area (Å²) in [5.41, 5.74) is 2.40. The number of aromatic nitrogens is 1. The van der Waals surface area contributed by atoms with Crippen LogP contribution in [0.4, 0.5) is 5.82 Å². The van der Waals surface area contributed by atoms with E-state index >= 15 is 0 Å². The molecule has 0 fully saturated rings. The van der Waals surface area contributed by atoms with Crippen LogP contribution >= 0.6 is 0 Å². The second-order valence-corrected chi connectivity index (χ2v) is 3.83. The number of aryl methyl sites for hydroxylation is 1. The summed E-state index contributed by atoms with van der Waals surface area (Å²) in [5, 5.41) is 3.32. The Morgan fingerprint density at radius 1 is 1.00 bits per heavy atom. The largest absolute Gasteiger partial charge is 0.370 e. The van der Waals surface area contributed by atoms with Crippen molar-refractivity contribution in [3.8, 4) is 0 Å². The maximum atomic E-state index is 4.39. The molecule has 0 saturated heterocycles. The van der Waals surface area contributed by atoms with Crippen molar-refractivity contribution in [1.29, 1.82) is 0 Å². The van der Waals surface area contributed by atoms with E-state index in [1.54, 1.807) is 0 Å². The van der Waals surface area contributed by atoms with Gasteiger partial charge in [-0.2, -0.15) is 0 Å². The number of hydrogen-bond acceptors (Lipinski definition) is 2. The molecule has 0 aliphatic carbocycles. The van der Waals surface area contributed by atoms with E-state index in [0.29, 0.717) is 0 Å². The fourth-order valence-corrected chi connectivity index (χ4v) is 1.62. The van der Waals surface area contributed by atoms with Crippen LogP contribution in [0.25, 0.3) is 0 Å². The summed E-state index contributed by atoms with van der Waals surface area (Å²) in [6.07, 6.45) is 1.02. The first-order valence-corrected chi connectivity index (χ1v) is 5.56. The Kier molecular flexibility index (Phi) is 3.54. The van der Waals surface area contributed by atoms with Gasteiger partial charge in [0.15, 0.2) is 0 Å². The summed E-state index contributed by atoms with van der Waals surface area (Å²) in [7, 11) is 0. The molecule has 0 amide bonds. The van der Waals surface area contributed by atoms with Crippen molar-refractivity contribution in [3.63, 3.8) is 0 Å². The van der Waals surface area contributed by atoms with Crippen molar-refractivity contribution in [2.75, 3.05) is 11.9 Å². The molecule has 0 saturated carbocycles. The molecule has 1 N–H and O–H groups in total. The highest BCUT2D eigenvalue weighted by atomic mass is 15.0. The highest BCUT2D eigenvalue weighted by Crippen LogP contribution is 2.05. The molecule has 0 aliphatic heterocycles. The molecule has 0 spiro atoms. The molecule has 2 rings (SSSR count). The number of nitrogens with zero attached hydrogens (tertiary/aromatic N) is 1. The van der Waals surface area contributed by atoms with E-state index in [9.17, 15) is 0 Å². The van der Waals surface area contributed by atoms with Gasteiger partial charge in [0.05, 0.1) is 0 Å². The zero-order chi connectivity index (χ0) is 11.2. The summed E-state index contributed by atoms with van der Waals surface area (Å²) >= 11 is 0. The van der Waals surface area contributed by atoms with Crippen molar-refractivity contribution in [2.45, 2.75) is 13.3 Å². The molecule has 1 aromatic carbocycles. The van der Waals surface area contributed by atoms with Crippen molar-refractivity contribution in [3.05, 3.63) is 59.8 Å². The Morgan fingerprint density at radius 3 is 2.56 bits per heavy atom. The maximum Gasteiger partial charge on any atom is 0.126 e. The fraction of sp³-hybridized carbons (Fsp3) is 0.214. The highest BCUT2D eigenvalue weighted by Gasteiger charge is 1.94. The molecule has 0 radical (unpaired) electrons. The van der Waals surface area contributed by atoms with Crippen molar-refractivity contribution < 1.29 is 0 Å². The van der Waals surface area contributed by atoms with Crippen LogP contribution in [0.3, 0.4) is 0 Å². The van der Waals surface area contributed by atoms with Gasteiger partial charge >= 0.3 is 0 Å². The number of benzene rings is 1. The molecule has 1 heterocycles. The minimum Gasteiger partial charge on any atom is -0.370 e. The monoisotopic (exact) mass is 212 g/mol. The van der Waals surface area contributed by atoms with Gasteiger partial charge in [0.2, 0.25) is 0 Å². The van der Waals surface area contributed by atoms with Gasteiger partial charge in [-0.15, -0.1) is 0 Å². The molecule has 2 heteroatoms. The first kappa shape index (κ1) is 10.7. The van der Waals surface area contributed by atoms with Gasteiger partial charge in [-0.25, -0.2) is 4.98 Å². The second kappa shape index (κ2) is 5.31. The molecule has 0 atom stereocenters. The lowest BCUT2D eigenvalue weighted by atomic mass is 10.1. The van der Waals surface area contributed by atoms with Crippen LogP contribution in [0.1, 0.15) is 11.3 Å². The summed E-state index contributed by atoms with van der Waals surface area (Å²) in [6, 6.07) is 16.5. The van der Waals surface area contributed by atoms with E-state index in [-0.39, 0.29) is 0 Å². The molecular weight excluding hydrogens is 196 g/mol. The van der Waals surface area contributed by atoms with Gasteiger partial charge in [-0.3, -0.25) is 0 Å². The lowest BCUT2D eigenvalue weighted by Gasteiger charge is -2.05. The average Bonchev–Trinajstić information content (AvgIpc) is 2.30. The maximum absolute atomic E-state index is 4.39. The molecule has 1 aromatic heterocycles. The van der Waals surface area contributed by atoms with Gasteiger partial charge in [-0.05, 0) is 31.0 Å². The number of hydrogen-bond donors (Lipinski definition) is 1. The summed E-state index contributed by atoms with van der Waals surface area (Å²) in [5.74, 6) is 0.955. The molecular formula is C14H16N2. The standard InChI is InChI=1S/C14H16N2/c1-12-6-5-9-14(16-12)15-11-10-13-7-3-2-4-8-13/h2-9H,10-11H2,1H3,(H,15,16). The predicted molar refractivity (Wildman–Crippen MR) is 67.6 cm³/mol. The predicted octanol–water partition coefficient (Wildman–Crippen LogP) is 3.04. The van der Waals surface area contributed by atoms with Crippen LogP contribution in [0, 0.1) is 6.92 Å². The van der Waals surface area contributed by atoms with Crippen LogP contribution in [0.5, 0.6) is 0 Å². The van der Waals surface area contributed by atoms with Crippen molar-refractivity contribution >= 4 is 5.82 Å². The zero-order valence-electron chi connectivity index (χ0n) is 9.48. The Hall–Kier alpha value is -1.83. The third kappa shape index (κ3) is 3.09. The van der Waals surface area contributed by atoms with Crippen molar-refractivity contribution in [2.24, 2.45) is 0 Å². The summed E-state index contributed by atoms with van der Waals surface area (Å²) in [4.78, 5) is 4.39.